The summed E-state index contributed by atoms with van der Waals surface area (Å²) in [6, 6.07) is 14.4. The van der Waals surface area contributed by atoms with Crippen LogP contribution in [0.3, 0.4) is 0 Å². The molecule has 158 valence electrons. The number of nitrogens with zero attached hydrogens (tertiary/aromatic N) is 3. The quantitative estimate of drug-likeness (QED) is 0.272. The highest BCUT2D eigenvalue weighted by molar-refractivity contribution is 6.39. The monoisotopic (exact) mass is 439 g/mol. The van der Waals surface area contributed by atoms with Crippen molar-refractivity contribution in [3.63, 3.8) is 0 Å². The number of anilines is 1. The molecule has 0 radical (unpaired) electrons. The van der Waals surface area contributed by atoms with Gasteiger partial charge in [-0.2, -0.15) is 5.10 Å². The zero-order valence-electron chi connectivity index (χ0n) is 16.6. The maximum Gasteiger partial charge on any atom is 0.329 e. The number of carbonyl (C=O) groups excluding carboxylic acids is 2. The fourth-order valence-electron chi connectivity index (χ4n) is 3.00. The van der Waals surface area contributed by atoms with Gasteiger partial charge >= 0.3 is 11.8 Å². The van der Waals surface area contributed by atoms with Crippen LogP contribution in [-0.4, -0.2) is 27.5 Å². The zero-order valence-corrected chi connectivity index (χ0v) is 17.4. The third-order valence-electron chi connectivity index (χ3n) is 4.45. The number of hydrazone groups is 1. The Morgan fingerprint density at radius 1 is 1.10 bits per heavy atom. The van der Waals surface area contributed by atoms with Gasteiger partial charge in [-0.3, -0.25) is 19.7 Å². The number of hydrogen-bond acceptors (Lipinski definition) is 5. The van der Waals surface area contributed by atoms with Crippen molar-refractivity contribution in [1.29, 1.82) is 0 Å². The van der Waals surface area contributed by atoms with E-state index in [1.165, 1.54) is 30.5 Å². The van der Waals surface area contributed by atoms with E-state index in [1.807, 2.05) is 42.7 Å². The molecule has 0 aliphatic heterocycles. The molecule has 0 spiro atoms. The number of hydrogen-bond donors (Lipinski definition) is 2. The van der Waals surface area contributed by atoms with Gasteiger partial charge in [0.25, 0.3) is 5.69 Å². The lowest BCUT2D eigenvalue weighted by Gasteiger charge is -2.09. The first-order chi connectivity index (χ1) is 14.8. The lowest BCUT2D eigenvalue weighted by molar-refractivity contribution is -0.384. The van der Waals surface area contributed by atoms with E-state index >= 15 is 0 Å². The van der Waals surface area contributed by atoms with Crippen LogP contribution in [-0.2, 0) is 9.59 Å². The van der Waals surface area contributed by atoms with Crippen LogP contribution in [0.2, 0.25) is 5.02 Å². The van der Waals surface area contributed by atoms with Crippen molar-refractivity contribution in [3.8, 4) is 5.69 Å². The Bertz CT molecular complexity index is 1180. The summed E-state index contributed by atoms with van der Waals surface area (Å²) in [6.07, 6.45) is 1.44. The predicted molar refractivity (Wildman–Crippen MR) is 118 cm³/mol. The van der Waals surface area contributed by atoms with Crippen LogP contribution >= 0.6 is 11.6 Å². The second-order valence-electron chi connectivity index (χ2n) is 6.60. The Balaban J connectivity index is 1.65. The molecular weight excluding hydrogens is 422 g/mol. The maximum absolute atomic E-state index is 12.0. The van der Waals surface area contributed by atoms with Crippen molar-refractivity contribution in [2.45, 2.75) is 13.8 Å². The number of aromatic nitrogens is 1. The summed E-state index contributed by atoms with van der Waals surface area (Å²) in [5.41, 5.74) is 5.78. The first kappa shape index (κ1) is 21.7. The molecule has 2 aromatic carbocycles. The van der Waals surface area contributed by atoms with Crippen molar-refractivity contribution >= 4 is 41.0 Å². The Labute approximate surface area is 182 Å². The van der Waals surface area contributed by atoms with Crippen molar-refractivity contribution in [1.82, 2.24) is 9.99 Å². The standard InChI is InChI=1S/C21H18ClN5O4/c1-13-10-15(14(2)26(13)19-5-3-4-16(22)11-19)12-23-25-21(29)20(28)24-17-6-8-18(9-7-17)27(30)31/h3-12H,1-2H3,(H,24,28)(H,25,29)/b23-12-. The molecular formula is C21H18ClN5O4. The molecule has 0 unspecified atom stereocenters. The predicted octanol–water partition coefficient (Wildman–Crippen LogP) is 3.74. The molecule has 3 rings (SSSR count). The largest absolute Gasteiger partial charge is 0.329 e. The van der Waals surface area contributed by atoms with Gasteiger partial charge in [0, 0.05) is 45.5 Å². The van der Waals surface area contributed by atoms with Crippen LogP contribution < -0.4 is 10.7 Å². The molecule has 0 saturated carbocycles. The van der Waals surface area contributed by atoms with Gasteiger partial charge in [0.05, 0.1) is 11.1 Å². The number of nitro benzene ring substituents is 1. The van der Waals surface area contributed by atoms with Gasteiger partial charge in [0.1, 0.15) is 0 Å². The third-order valence-corrected chi connectivity index (χ3v) is 4.68. The first-order valence-electron chi connectivity index (χ1n) is 9.10. The zero-order chi connectivity index (χ0) is 22.5. The number of halogens is 1. The Morgan fingerprint density at radius 2 is 1.81 bits per heavy atom. The molecule has 1 aromatic heterocycles. The first-order valence-corrected chi connectivity index (χ1v) is 9.48. The lowest BCUT2D eigenvalue weighted by atomic mass is 10.2. The number of benzene rings is 2. The molecule has 0 atom stereocenters. The van der Waals surface area contributed by atoms with Crippen molar-refractivity contribution in [2.24, 2.45) is 5.10 Å². The summed E-state index contributed by atoms with van der Waals surface area (Å²) in [6.45, 7) is 3.83. The van der Waals surface area contributed by atoms with Gasteiger partial charge in [0.15, 0.2) is 0 Å². The molecule has 0 fully saturated rings. The van der Waals surface area contributed by atoms with Crippen molar-refractivity contribution in [3.05, 3.63) is 86.7 Å². The maximum atomic E-state index is 12.0. The van der Waals surface area contributed by atoms with Crippen molar-refractivity contribution < 1.29 is 14.5 Å². The summed E-state index contributed by atoms with van der Waals surface area (Å²) in [7, 11) is 0. The Kier molecular flexibility index (Phi) is 6.46. The van der Waals surface area contributed by atoms with E-state index < -0.39 is 16.7 Å². The van der Waals surface area contributed by atoms with E-state index in [9.17, 15) is 19.7 Å². The average Bonchev–Trinajstić information content (AvgIpc) is 3.01. The molecule has 0 saturated heterocycles. The Hall–Kier alpha value is -3.98. The number of rotatable bonds is 5. The molecule has 10 heteroatoms. The smallest absolute Gasteiger partial charge is 0.318 e. The minimum Gasteiger partial charge on any atom is -0.318 e. The van der Waals surface area contributed by atoms with Gasteiger partial charge in [-0.25, -0.2) is 5.43 Å². The number of nitro groups is 1. The fourth-order valence-corrected chi connectivity index (χ4v) is 3.18. The second-order valence-corrected chi connectivity index (χ2v) is 7.04. The highest BCUT2D eigenvalue weighted by atomic mass is 35.5. The van der Waals surface area contributed by atoms with Gasteiger partial charge in [-0.15, -0.1) is 0 Å². The van der Waals surface area contributed by atoms with E-state index in [-0.39, 0.29) is 11.4 Å². The highest BCUT2D eigenvalue weighted by Gasteiger charge is 2.14. The van der Waals surface area contributed by atoms with Crippen LogP contribution in [0.4, 0.5) is 11.4 Å². The summed E-state index contributed by atoms with van der Waals surface area (Å²) in [4.78, 5) is 34.0. The number of aryl methyl sites for hydroxylation is 1. The average molecular weight is 440 g/mol. The van der Waals surface area contributed by atoms with Crippen LogP contribution in [0.1, 0.15) is 17.0 Å². The molecule has 3 aromatic rings. The number of nitrogens with one attached hydrogen (secondary N) is 2. The van der Waals surface area contributed by atoms with E-state index in [0.29, 0.717) is 5.02 Å². The van der Waals surface area contributed by atoms with Gasteiger partial charge < -0.3 is 9.88 Å². The lowest BCUT2D eigenvalue weighted by Crippen LogP contribution is -2.32. The normalized spacial score (nSPS) is 10.8. The summed E-state index contributed by atoms with van der Waals surface area (Å²) < 4.78 is 2.00. The number of non-ortho nitro benzene ring substituents is 1. The summed E-state index contributed by atoms with van der Waals surface area (Å²) in [5, 5.41) is 17.5. The molecule has 2 N–H and O–H groups in total. The van der Waals surface area contributed by atoms with Gasteiger partial charge in [-0.05, 0) is 50.2 Å². The minimum atomic E-state index is -0.974. The van der Waals surface area contributed by atoms with Gasteiger partial charge in [-0.1, -0.05) is 17.7 Å². The molecule has 31 heavy (non-hydrogen) atoms. The number of carbonyl (C=O) groups is 2. The molecule has 0 bridgehead atoms. The fraction of sp³-hybridized carbons (Fsp3) is 0.0952. The van der Waals surface area contributed by atoms with Crippen LogP contribution in [0.5, 0.6) is 0 Å². The van der Waals surface area contributed by atoms with E-state index in [4.69, 9.17) is 11.6 Å². The SMILES string of the molecule is Cc1cc(/C=N\NC(=O)C(=O)Nc2ccc([N+](=O)[O-])cc2)c(C)n1-c1cccc(Cl)c1. The van der Waals surface area contributed by atoms with E-state index in [2.05, 4.69) is 15.8 Å². The number of amides is 2. The molecule has 2 amide bonds. The van der Waals surface area contributed by atoms with Crippen LogP contribution in [0.25, 0.3) is 5.69 Å². The highest BCUT2D eigenvalue weighted by Crippen LogP contribution is 2.22. The molecule has 9 nitrogen and oxygen atoms in total. The third kappa shape index (κ3) is 5.14. The van der Waals surface area contributed by atoms with Crippen LogP contribution in [0.15, 0.2) is 59.7 Å². The Morgan fingerprint density at radius 3 is 2.45 bits per heavy atom. The van der Waals surface area contributed by atoms with Crippen LogP contribution in [0, 0.1) is 24.0 Å². The summed E-state index contributed by atoms with van der Waals surface area (Å²) >= 11 is 6.08. The molecule has 1 heterocycles. The van der Waals surface area contributed by atoms with E-state index in [1.54, 1.807) is 6.07 Å². The molecule has 0 aliphatic rings. The minimum absolute atomic E-state index is 0.123. The van der Waals surface area contributed by atoms with Crippen molar-refractivity contribution in [2.75, 3.05) is 5.32 Å². The van der Waals surface area contributed by atoms with Gasteiger partial charge in [0.2, 0.25) is 0 Å². The topological polar surface area (TPSA) is 119 Å². The van der Waals surface area contributed by atoms with E-state index in [0.717, 1.165) is 22.6 Å². The summed E-state index contributed by atoms with van der Waals surface area (Å²) in [5.74, 6) is -1.92. The molecule has 0 aliphatic carbocycles. The second kappa shape index (κ2) is 9.23.